The molecule has 0 atom stereocenters. The van der Waals surface area contributed by atoms with Crippen LogP contribution < -0.4 is 5.32 Å². The van der Waals surface area contributed by atoms with Crippen molar-refractivity contribution in [2.75, 3.05) is 11.1 Å². The van der Waals surface area contributed by atoms with E-state index in [9.17, 15) is 4.79 Å². The minimum absolute atomic E-state index is 0.107. The molecule has 0 bridgehead atoms. The van der Waals surface area contributed by atoms with Gasteiger partial charge in [-0.05, 0) is 56.5 Å². The fraction of sp³-hybridized carbons (Fsp3) is 0.238. The third kappa shape index (κ3) is 4.54. The van der Waals surface area contributed by atoms with Gasteiger partial charge in [-0.25, -0.2) is 4.98 Å². The van der Waals surface area contributed by atoms with E-state index in [0.717, 1.165) is 22.0 Å². The lowest BCUT2D eigenvalue weighted by Gasteiger charge is -2.13. The van der Waals surface area contributed by atoms with Crippen LogP contribution >= 0.6 is 23.4 Å². The lowest BCUT2D eigenvalue weighted by atomic mass is 10.1. The van der Waals surface area contributed by atoms with Crippen molar-refractivity contribution >= 4 is 35.0 Å². The Morgan fingerprint density at radius 3 is 2.56 bits per heavy atom. The highest BCUT2D eigenvalue weighted by Gasteiger charge is 2.13. The maximum absolute atomic E-state index is 12.4. The Kier molecular flexibility index (Phi) is 5.92. The van der Waals surface area contributed by atoms with Crippen LogP contribution in [0.25, 0.3) is 5.69 Å². The summed E-state index contributed by atoms with van der Waals surface area (Å²) in [6.07, 6.45) is 3.67. The van der Waals surface area contributed by atoms with Crippen molar-refractivity contribution in [2.24, 2.45) is 0 Å². The zero-order valence-corrected chi connectivity index (χ0v) is 17.4. The quantitative estimate of drug-likeness (QED) is 0.577. The number of anilines is 1. The predicted octanol–water partition coefficient (Wildman–Crippen LogP) is 5.49. The van der Waals surface area contributed by atoms with Gasteiger partial charge in [-0.15, -0.1) is 0 Å². The van der Waals surface area contributed by atoms with Crippen molar-refractivity contribution in [1.29, 1.82) is 0 Å². The molecule has 0 unspecified atom stereocenters. The van der Waals surface area contributed by atoms with E-state index in [1.165, 1.54) is 22.9 Å². The first kappa shape index (κ1) is 19.5. The first-order valence-electron chi connectivity index (χ1n) is 8.65. The van der Waals surface area contributed by atoms with Crippen LogP contribution in [0, 0.1) is 27.7 Å². The maximum atomic E-state index is 12.4. The van der Waals surface area contributed by atoms with Gasteiger partial charge in [0.25, 0.3) is 0 Å². The fourth-order valence-electron chi connectivity index (χ4n) is 3.04. The molecule has 3 aromatic rings. The lowest BCUT2D eigenvalue weighted by Crippen LogP contribution is -2.15. The van der Waals surface area contributed by atoms with Gasteiger partial charge >= 0.3 is 0 Å². The second kappa shape index (κ2) is 8.19. The molecule has 0 radical (unpaired) electrons. The Morgan fingerprint density at radius 1 is 1.11 bits per heavy atom. The van der Waals surface area contributed by atoms with Gasteiger partial charge in [0.1, 0.15) is 0 Å². The number of benzene rings is 2. The monoisotopic (exact) mass is 399 g/mol. The van der Waals surface area contributed by atoms with Crippen LogP contribution in [-0.4, -0.2) is 21.2 Å². The van der Waals surface area contributed by atoms with Gasteiger partial charge in [-0.2, -0.15) is 0 Å². The topological polar surface area (TPSA) is 46.9 Å². The molecule has 140 valence electrons. The molecule has 0 aliphatic heterocycles. The Balaban J connectivity index is 1.71. The Morgan fingerprint density at radius 2 is 1.85 bits per heavy atom. The summed E-state index contributed by atoms with van der Waals surface area (Å²) in [5.74, 6) is 0.148. The van der Waals surface area contributed by atoms with Crippen molar-refractivity contribution in [3.63, 3.8) is 0 Å². The molecule has 0 spiro atoms. The third-order valence-electron chi connectivity index (χ3n) is 4.25. The standard InChI is InChI=1S/C21H22ClN3OS/c1-13-5-6-18(15(3)9-13)25-8-7-23-21(25)27-12-19(26)24-20-16(4)10-14(2)11-17(20)22/h5-11H,12H2,1-4H3,(H,24,26). The molecule has 2 aromatic carbocycles. The van der Waals surface area contributed by atoms with Crippen molar-refractivity contribution < 1.29 is 4.79 Å². The van der Waals surface area contributed by atoms with Crippen LogP contribution in [0.15, 0.2) is 47.9 Å². The summed E-state index contributed by atoms with van der Waals surface area (Å²) >= 11 is 7.68. The molecule has 27 heavy (non-hydrogen) atoms. The molecule has 1 amide bonds. The first-order valence-corrected chi connectivity index (χ1v) is 10.0. The molecule has 1 heterocycles. The summed E-state index contributed by atoms with van der Waals surface area (Å²) in [7, 11) is 0. The van der Waals surface area contributed by atoms with Gasteiger partial charge in [0.05, 0.1) is 22.2 Å². The highest BCUT2D eigenvalue weighted by Crippen LogP contribution is 2.28. The number of carbonyl (C=O) groups excluding carboxylic acids is 1. The van der Waals surface area contributed by atoms with E-state index in [-0.39, 0.29) is 11.7 Å². The van der Waals surface area contributed by atoms with Gasteiger partial charge in [-0.3, -0.25) is 9.36 Å². The molecule has 0 aliphatic rings. The summed E-state index contributed by atoms with van der Waals surface area (Å²) in [5, 5.41) is 4.26. The number of rotatable bonds is 5. The van der Waals surface area contributed by atoms with Gasteiger partial charge in [0.2, 0.25) is 5.91 Å². The number of hydrogen-bond donors (Lipinski definition) is 1. The number of thioether (sulfide) groups is 1. The predicted molar refractivity (Wildman–Crippen MR) is 113 cm³/mol. The molecule has 1 aromatic heterocycles. The fourth-order valence-corrected chi connectivity index (χ4v) is 4.17. The van der Waals surface area contributed by atoms with Crippen LogP contribution in [0.4, 0.5) is 5.69 Å². The van der Waals surface area contributed by atoms with Gasteiger partial charge < -0.3 is 5.32 Å². The number of hydrogen-bond acceptors (Lipinski definition) is 3. The second-order valence-corrected chi connectivity index (χ2v) is 7.99. The lowest BCUT2D eigenvalue weighted by molar-refractivity contribution is -0.113. The van der Waals surface area contributed by atoms with E-state index in [1.54, 1.807) is 6.20 Å². The van der Waals surface area contributed by atoms with Gasteiger partial charge in [0.15, 0.2) is 5.16 Å². The summed E-state index contributed by atoms with van der Waals surface area (Å²) in [5.41, 5.74) is 6.15. The Bertz CT molecular complexity index is 974. The molecule has 3 rings (SSSR count). The van der Waals surface area contributed by atoms with E-state index < -0.39 is 0 Å². The van der Waals surface area contributed by atoms with Crippen LogP contribution in [0.1, 0.15) is 22.3 Å². The SMILES string of the molecule is Cc1ccc(-n2ccnc2SCC(=O)Nc2c(C)cc(C)cc2Cl)c(C)c1. The molecule has 6 heteroatoms. The highest BCUT2D eigenvalue weighted by atomic mass is 35.5. The first-order chi connectivity index (χ1) is 12.8. The number of aromatic nitrogens is 2. The average molecular weight is 400 g/mol. The number of halogens is 1. The third-order valence-corrected chi connectivity index (χ3v) is 5.51. The minimum atomic E-state index is -0.107. The van der Waals surface area contributed by atoms with Crippen molar-refractivity contribution in [3.05, 3.63) is 70.0 Å². The van der Waals surface area contributed by atoms with E-state index in [1.807, 2.05) is 36.7 Å². The summed E-state index contributed by atoms with van der Waals surface area (Å²) in [6, 6.07) is 10.1. The van der Waals surface area contributed by atoms with Gasteiger partial charge in [-0.1, -0.05) is 47.1 Å². The molecule has 1 N–H and O–H groups in total. The normalized spacial score (nSPS) is 10.9. The Labute approximate surface area is 169 Å². The number of amides is 1. The highest BCUT2D eigenvalue weighted by molar-refractivity contribution is 7.99. The van der Waals surface area contributed by atoms with Crippen molar-refractivity contribution in [1.82, 2.24) is 9.55 Å². The van der Waals surface area contributed by atoms with Crippen LogP contribution in [0.2, 0.25) is 5.02 Å². The molecule has 0 saturated carbocycles. The molecule has 0 fully saturated rings. The molecular weight excluding hydrogens is 378 g/mol. The summed E-state index contributed by atoms with van der Waals surface area (Å²) < 4.78 is 2.01. The van der Waals surface area contributed by atoms with Crippen molar-refractivity contribution in [2.45, 2.75) is 32.9 Å². The molecular formula is C21H22ClN3OS. The average Bonchev–Trinajstić information content (AvgIpc) is 3.04. The number of nitrogens with one attached hydrogen (secondary N) is 1. The summed E-state index contributed by atoms with van der Waals surface area (Å²) in [4.78, 5) is 16.8. The van der Waals surface area contributed by atoms with Crippen LogP contribution in [0.3, 0.4) is 0 Å². The Hall–Kier alpha value is -2.24. The minimum Gasteiger partial charge on any atom is -0.324 e. The van der Waals surface area contributed by atoms with Crippen molar-refractivity contribution in [3.8, 4) is 5.69 Å². The van der Waals surface area contributed by atoms with Crippen LogP contribution in [0.5, 0.6) is 0 Å². The molecule has 4 nitrogen and oxygen atoms in total. The second-order valence-electron chi connectivity index (χ2n) is 6.65. The van der Waals surface area contributed by atoms with Crippen LogP contribution in [-0.2, 0) is 4.79 Å². The molecule has 0 saturated heterocycles. The van der Waals surface area contributed by atoms with E-state index in [4.69, 9.17) is 11.6 Å². The smallest absolute Gasteiger partial charge is 0.234 e. The van der Waals surface area contributed by atoms with E-state index >= 15 is 0 Å². The zero-order valence-electron chi connectivity index (χ0n) is 15.8. The van der Waals surface area contributed by atoms with Gasteiger partial charge in [0, 0.05) is 12.4 Å². The number of aryl methyl sites for hydroxylation is 4. The largest absolute Gasteiger partial charge is 0.324 e. The van der Waals surface area contributed by atoms with E-state index in [2.05, 4.69) is 42.3 Å². The number of nitrogens with zero attached hydrogens (tertiary/aromatic N) is 2. The zero-order chi connectivity index (χ0) is 19.6. The number of imidazole rings is 1. The number of carbonyl (C=O) groups is 1. The maximum Gasteiger partial charge on any atom is 0.234 e. The molecule has 0 aliphatic carbocycles. The summed E-state index contributed by atoms with van der Waals surface area (Å²) in [6.45, 7) is 8.07. The van der Waals surface area contributed by atoms with E-state index in [0.29, 0.717) is 10.7 Å².